The summed E-state index contributed by atoms with van der Waals surface area (Å²) in [6.07, 6.45) is 6.27. The van der Waals surface area contributed by atoms with E-state index in [0.29, 0.717) is 0 Å². The number of rotatable bonds is 4. The lowest BCUT2D eigenvalue weighted by atomic mass is 10.9. The molecule has 0 unspecified atom stereocenters. The van der Waals surface area contributed by atoms with Gasteiger partial charge in [-0.15, -0.1) is 0 Å². The predicted molar refractivity (Wildman–Crippen MR) is 51.6 cm³/mol. The van der Waals surface area contributed by atoms with E-state index >= 15 is 0 Å². The molecule has 1 heteroatoms. The smallest absolute Gasteiger partial charge is 0.0311 e. The van der Waals surface area contributed by atoms with E-state index in [1.165, 1.54) is 31.3 Å². The van der Waals surface area contributed by atoms with Gasteiger partial charge in [-0.3, -0.25) is 0 Å². The second-order valence-electron chi connectivity index (χ2n) is 3.16. The first-order chi connectivity index (χ1) is 5.14. The van der Waals surface area contributed by atoms with Crippen LogP contribution in [0.15, 0.2) is 0 Å². The van der Waals surface area contributed by atoms with Crippen LogP contribution in [0.1, 0.15) is 35.0 Å². The first-order valence-corrected chi connectivity index (χ1v) is 6.85. The SMILES string of the molecule is [2H]C1([P+](CC)(CC)CC)CC1. The molecule has 0 radical (unpaired) electrons. The molecule has 0 aromatic carbocycles. The minimum atomic E-state index is -0.845. The van der Waals surface area contributed by atoms with Crippen molar-refractivity contribution in [2.45, 2.75) is 39.2 Å². The van der Waals surface area contributed by atoms with E-state index in [1.54, 1.807) is 0 Å². The molecule has 0 N–H and O–H groups in total. The zero-order chi connectivity index (χ0) is 8.54. The minimum Gasteiger partial charge on any atom is -0.0311 e. The lowest BCUT2D eigenvalue weighted by molar-refractivity contribution is 1.23. The Morgan fingerprint density at radius 2 is 1.60 bits per heavy atom. The maximum absolute atomic E-state index is 8.20. The molecule has 60 valence electrons. The fourth-order valence-electron chi connectivity index (χ4n) is 1.87. The van der Waals surface area contributed by atoms with Crippen LogP contribution in [0.3, 0.4) is 0 Å². The van der Waals surface area contributed by atoms with Crippen LogP contribution in [0.2, 0.25) is 0 Å². The van der Waals surface area contributed by atoms with E-state index in [0.717, 1.165) is 0 Å². The second-order valence-corrected chi connectivity index (χ2v) is 7.98. The third-order valence-electron chi connectivity index (χ3n) is 2.96. The van der Waals surface area contributed by atoms with Gasteiger partial charge >= 0.3 is 0 Å². The standard InChI is InChI=1S/C9H20P/c1-4-10(5-2,6-3)9-7-8-9/h9H,4-8H2,1-3H3/q+1/i9D. The molecule has 0 heterocycles. The topological polar surface area (TPSA) is 0 Å². The average Bonchev–Trinajstić information content (AvgIpc) is 2.74. The van der Waals surface area contributed by atoms with E-state index in [2.05, 4.69) is 20.8 Å². The number of hydrogen-bond acceptors (Lipinski definition) is 0. The molecule has 0 aromatic heterocycles. The van der Waals surface area contributed by atoms with Crippen LogP contribution in [-0.4, -0.2) is 24.1 Å². The van der Waals surface area contributed by atoms with E-state index < -0.39 is 7.26 Å². The maximum Gasteiger partial charge on any atom is 0.0745 e. The van der Waals surface area contributed by atoms with Gasteiger partial charge in [-0.1, -0.05) is 0 Å². The first kappa shape index (κ1) is 7.10. The van der Waals surface area contributed by atoms with Crippen molar-refractivity contribution < 1.29 is 1.37 Å². The summed E-state index contributed by atoms with van der Waals surface area (Å²) in [4.78, 5) is 0. The zero-order valence-corrected chi connectivity index (χ0v) is 8.38. The third kappa shape index (κ3) is 1.37. The van der Waals surface area contributed by atoms with Gasteiger partial charge in [0.25, 0.3) is 0 Å². The van der Waals surface area contributed by atoms with Crippen molar-refractivity contribution in [3.63, 3.8) is 0 Å². The Kier molecular flexibility index (Phi) is 2.28. The molecule has 10 heavy (non-hydrogen) atoms. The Labute approximate surface area is 67.1 Å². The van der Waals surface area contributed by atoms with Crippen LogP contribution in [0.25, 0.3) is 0 Å². The minimum absolute atomic E-state index is 0.0747. The van der Waals surface area contributed by atoms with Gasteiger partial charge in [-0.05, 0) is 33.6 Å². The summed E-state index contributed by atoms with van der Waals surface area (Å²) in [6, 6.07) is 0. The third-order valence-corrected chi connectivity index (χ3v) is 8.38. The molecular weight excluding hydrogens is 139 g/mol. The fraction of sp³-hybridized carbons (Fsp3) is 1.00. The molecule has 0 amide bonds. The van der Waals surface area contributed by atoms with Gasteiger partial charge in [0.05, 0.1) is 25.5 Å². The molecule has 0 bridgehead atoms. The van der Waals surface area contributed by atoms with Crippen LogP contribution in [-0.2, 0) is 0 Å². The summed E-state index contributed by atoms with van der Waals surface area (Å²) in [6.45, 7) is 6.86. The van der Waals surface area contributed by atoms with Crippen LogP contribution >= 0.6 is 7.26 Å². The van der Waals surface area contributed by atoms with Gasteiger partial charge < -0.3 is 0 Å². The normalized spacial score (nSPS) is 24.1. The molecule has 1 rings (SSSR count). The van der Waals surface area contributed by atoms with Crippen molar-refractivity contribution in [2.75, 3.05) is 18.5 Å². The molecule has 0 nitrogen and oxygen atoms in total. The Bertz CT molecular complexity index is 128. The van der Waals surface area contributed by atoms with Crippen molar-refractivity contribution >= 4 is 7.26 Å². The molecule has 0 spiro atoms. The molecule has 1 saturated carbocycles. The molecular formula is C9H20P+. The van der Waals surface area contributed by atoms with Crippen molar-refractivity contribution in [2.24, 2.45) is 0 Å². The molecule has 0 aliphatic heterocycles. The Morgan fingerprint density at radius 3 is 1.70 bits per heavy atom. The lowest BCUT2D eigenvalue weighted by Gasteiger charge is -2.22. The summed E-state index contributed by atoms with van der Waals surface area (Å²) >= 11 is 0. The molecule has 1 fully saturated rings. The summed E-state index contributed by atoms with van der Waals surface area (Å²) in [5.74, 6) is 0. The van der Waals surface area contributed by atoms with Crippen LogP contribution in [0, 0.1) is 0 Å². The highest BCUT2D eigenvalue weighted by atomic mass is 31.2. The second kappa shape index (κ2) is 3.22. The van der Waals surface area contributed by atoms with E-state index in [9.17, 15) is 0 Å². The monoisotopic (exact) mass is 160 g/mol. The first-order valence-electron chi connectivity index (χ1n) is 5.00. The average molecular weight is 160 g/mol. The lowest BCUT2D eigenvalue weighted by Crippen LogP contribution is -2.07. The highest BCUT2D eigenvalue weighted by Gasteiger charge is 2.47. The number of hydrogen-bond donors (Lipinski definition) is 0. The summed E-state index contributed by atoms with van der Waals surface area (Å²) in [5.41, 5.74) is 0.0747. The van der Waals surface area contributed by atoms with Crippen LogP contribution in [0.4, 0.5) is 0 Å². The van der Waals surface area contributed by atoms with E-state index in [-0.39, 0.29) is 5.64 Å². The summed E-state index contributed by atoms with van der Waals surface area (Å²) in [7, 11) is -0.845. The van der Waals surface area contributed by atoms with Crippen LogP contribution in [0.5, 0.6) is 0 Å². The van der Waals surface area contributed by atoms with Crippen molar-refractivity contribution in [1.29, 1.82) is 0 Å². The molecule has 0 saturated heterocycles. The zero-order valence-electron chi connectivity index (χ0n) is 8.48. The Balaban J connectivity index is 2.71. The van der Waals surface area contributed by atoms with Crippen molar-refractivity contribution in [3.8, 4) is 0 Å². The highest BCUT2D eigenvalue weighted by Crippen LogP contribution is 2.69. The van der Waals surface area contributed by atoms with Gasteiger partial charge in [0.2, 0.25) is 0 Å². The van der Waals surface area contributed by atoms with Gasteiger partial charge in [-0.25, -0.2) is 0 Å². The van der Waals surface area contributed by atoms with Gasteiger partial charge in [0, 0.05) is 7.26 Å². The highest BCUT2D eigenvalue weighted by molar-refractivity contribution is 7.76. The van der Waals surface area contributed by atoms with E-state index in [4.69, 9.17) is 1.37 Å². The fourth-order valence-corrected chi connectivity index (χ4v) is 5.62. The Morgan fingerprint density at radius 1 is 1.20 bits per heavy atom. The van der Waals surface area contributed by atoms with Crippen LogP contribution < -0.4 is 0 Å². The van der Waals surface area contributed by atoms with Gasteiger partial charge in [0.15, 0.2) is 0 Å². The molecule has 0 aromatic rings. The maximum atomic E-state index is 8.20. The van der Waals surface area contributed by atoms with Gasteiger partial charge in [-0.2, -0.15) is 0 Å². The summed E-state index contributed by atoms with van der Waals surface area (Å²) in [5, 5.41) is 0. The largest absolute Gasteiger partial charge is 0.0745 e. The van der Waals surface area contributed by atoms with Crippen molar-refractivity contribution in [3.05, 3.63) is 0 Å². The molecule has 1 aliphatic carbocycles. The van der Waals surface area contributed by atoms with E-state index in [1.807, 2.05) is 0 Å². The van der Waals surface area contributed by atoms with Gasteiger partial charge in [0.1, 0.15) is 0 Å². The Hall–Kier alpha value is 0.430. The van der Waals surface area contributed by atoms with Crippen molar-refractivity contribution in [1.82, 2.24) is 0 Å². The summed E-state index contributed by atoms with van der Waals surface area (Å²) < 4.78 is 8.20. The molecule has 1 aliphatic rings. The quantitative estimate of drug-likeness (QED) is 0.554. The predicted octanol–water partition coefficient (Wildman–Crippen LogP) is 3.23. The molecule has 0 atom stereocenters.